The van der Waals surface area contributed by atoms with E-state index in [0.29, 0.717) is 25.7 Å². The lowest BCUT2D eigenvalue weighted by Crippen LogP contribution is -2.30. The van der Waals surface area contributed by atoms with Crippen molar-refractivity contribution in [3.63, 3.8) is 0 Å². The number of esters is 4. The summed E-state index contributed by atoms with van der Waals surface area (Å²) in [5.41, 5.74) is 0. The standard InChI is InChI=1S/C78H152O17P2/c1-8-11-12-13-14-28-38-45-52-59-75(80)88-65-73(95-78(83)62-55-48-41-34-27-29-35-42-49-56-69(4)5)67-92-96(84,85)90-63-72(79)64-91-97(86,87)93-68-74(94-77(82)61-54-47-40-33-26-22-18-16-20-24-31-37-44-51-58-71(7)10-3)66-89-76(81)60-53-46-39-32-25-21-17-15-19-23-30-36-43-50-57-70(6)9-2/h69-74,79H,8-68H2,1-7H3,(H,84,85)(H,86,87)/t70?,71?,72-,73+,74+/m0/s1. The molecule has 0 aromatic heterocycles. The average molecular weight is 1420 g/mol. The maximum Gasteiger partial charge on any atom is 0.472 e. The molecular formula is C78H152O17P2. The molecule has 4 unspecified atom stereocenters. The summed E-state index contributed by atoms with van der Waals surface area (Å²) in [4.78, 5) is 72.8. The van der Waals surface area contributed by atoms with E-state index in [0.717, 1.165) is 108 Å². The molecule has 0 aromatic rings. The molecule has 0 heterocycles. The van der Waals surface area contributed by atoms with Gasteiger partial charge in [-0.15, -0.1) is 0 Å². The van der Waals surface area contributed by atoms with Gasteiger partial charge in [0.1, 0.15) is 19.3 Å². The van der Waals surface area contributed by atoms with Crippen LogP contribution in [0.4, 0.5) is 0 Å². The number of aliphatic hydroxyl groups is 1. The number of carbonyl (C=O) groups is 4. The maximum absolute atomic E-state index is 13.1. The molecule has 0 saturated heterocycles. The summed E-state index contributed by atoms with van der Waals surface area (Å²) in [6, 6.07) is 0. The first kappa shape index (κ1) is 95.1. The highest BCUT2D eigenvalue weighted by molar-refractivity contribution is 7.47. The Labute approximate surface area is 594 Å². The Morgan fingerprint density at radius 3 is 0.784 bits per heavy atom. The van der Waals surface area contributed by atoms with Gasteiger partial charge in [-0.3, -0.25) is 37.3 Å². The third-order valence-electron chi connectivity index (χ3n) is 18.9. The second-order valence-electron chi connectivity index (χ2n) is 29.1. The van der Waals surface area contributed by atoms with Crippen LogP contribution < -0.4 is 0 Å². The lowest BCUT2D eigenvalue weighted by Gasteiger charge is -2.21. The quantitative estimate of drug-likeness (QED) is 0.0222. The molecule has 97 heavy (non-hydrogen) atoms. The van der Waals surface area contributed by atoms with Gasteiger partial charge in [0.2, 0.25) is 0 Å². The summed E-state index contributed by atoms with van der Waals surface area (Å²) in [5.74, 6) is 0.316. The first-order valence-corrected chi connectivity index (χ1v) is 43.4. The molecule has 0 aliphatic rings. The fraction of sp³-hybridized carbons (Fsp3) is 0.949. The van der Waals surface area contributed by atoms with Gasteiger partial charge in [0, 0.05) is 25.7 Å². The van der Waals surface area contributed by atoms with Crippen molar-refractivity contribution in [3.8, 4) is 0 Å². The molecule has 0 saturated carbocycles. The molecule has 0 aromatic carbocycles. The number of hydrogen-bond donors (Lipinski definition) is 3. The molecule has 17 nitrogen and oxygen atoms in total. The van der Waals surface area contributed by atoms with Crippen molar-refractivity contribution in [2.24, 2.45) is 17.8 Å². The molecule has 7 atom stereocenters. The number of carbonyl (C=O) groups excluding carboxylic acids is 4. The topological polar surface area (TPSA) is 237 Å². The number of phosphoric ester groups is 2. The highest BCUT2D eigenvalue weighted by Gasteiger charge is 2.30. The lowest BCUT2D eigenvalue weighted by atomic mass is 9.99. The molecule has 19 heteroatoms. The van der Waals surface area contributed by atoms with E-state index >= 15 is 0 Å². The Hall–Kier alpha value is -1.94. The van der Waals surface area contributed by atoms with Gasteiger partial charge in [0.15, 0.2) is 12.2 Å². The Kier molecular flexibility index (Phi) is 67.1. The van der Waals surface area contributed by atoms with E-state index in [2.05, 4.69) is 48.5 Å². The third kappa shape index (κ3) is 69.5. The van der Waals surface area contributed by atoms with E-state index in [1.165, 1.54) is 212 Å². The zero-order valence-electron chi connectivity index (χ0n) is 63.5. The van der Waals surface area contributed by atoms with Crippen molar-refractivity contribution in [2.75, 3.05) is 39.6 Å². The van der Waals surface area contributed by atoms with Gasteiger partial charge in [-0.25, -0.2) is 9.13 Å². The summed E-state index contributed by atoms with van der Waals surface area (Å²) in [7, 11) is -9.91. The van der Waals surface area contributed by atoms with Crippen LogP contribution in [0.5, 0.6) is 0 Å². The minimum atomic E-state index is -4.96. The van der Waals surface area contributed by atoms with Crippen LogP contribution in [-0.2, 0) is 65.4 Å². The predicted molar refractivity (Wildman–Crippen MR) is 395 cm³/mol. The molecule has 0 aliphatic heterocycles. The van der Waals surface area contributed by atoms with E-state index in [1.807, 2.05) is 0 Å². The number of unbranched alkanes of at least 4 members (excludes halogenated alkanes) is 42. The zero-order valence-corrected chi connectivity index (χ0v) is 65.3. The van der Waals surface area contributed by atoms with Crippen LogP contribution in [-0.4, -0.2) is 96.7 Å². The third-order valence-corrected chi connectivity index (χ3v) is 20.8. The fourth-order valence-corrected chi connectivity index (χ4v) is 13.5. The monoisotopic (exact) mass is 1420 g/mol. The van der Waals surface area contributed by atoms with E-state index in [4.69, 9.17) is 37.0 Å². The van der Waals surface area contributed by atoms with Gasteiger partial charge in [-0.2, -0.15) is 0 Å². The van der Waals surface area contributed by atoms with Crippen molar-refractivity contribution in [2.45, 2.75) is 420 Å². The van der Waals surface area contributed by atoms with Crippen LogP contribution in [0, 0.1) is 17.8 Å². The van der Waals surface area contributed by atoms with Crippen LogP contribution in [0.2, 0.25) is 0 Å². The Morgan fingerprint density at radius 2 is 0.526 bits per heavy atom. The van der Waals surface area contributed by atoms with E-state index < -0.39 is 97.5 Å². The predicted octanol–water partition coefficient (Wildman–Crippen LogP) is 23.0. The summed E-state index contributed by atoms with van der Waals surface area (Å²) in [5, 5.41) is 10.6. The first-order chi connectivity index (χ1) is 46.8. The van der Waals surface area contributed by atoms with Gasteiger partial charge in [-0.05, 0) is 43.4 Å². The van der Waals surface area contributed by atoms with E-state index in [1.54, 1.807) is 0 Å². The normalized spacial score (nSPS) is 14.6. The molecule has 576 valence electrons. The molecule has 0 amide bonds. The van der Waals surface area contributed by atoms with Crippen LogP contribution in [0.3, 0.4) is 0 Å². The number of aliphatic hydroxyl groups excluding tert-OH is 1. The van der Waals surface area contributed by atoms with Crippen LogP contribution in [0.1, 0.15) is 402 Å². The highest BCUT2D eigenvalue weighted by Crippen LogP contribution is 2.45. The highest BCUT2D eigenvalue weighted by atomic mass is 31.2. The minimum absolute atomic E-state index is 0.105. The number of hydrogen-bond acceptors (Lipinski definition) is 15. The van der Waals surface area contributed by atoms with Gasteiger partial charge in [0.05, 0.1) is 26.4 Å². The van der Waals surface area contributed by atoms with E-state index in [9.17, 15) is 43.2 Å². The van der Waals surface area contributed by atoms with Crippen molar-refractivity contribution in [1.29, 1.82) is 0 Å². The number of ether oxygens (including phenoxy) is 4. The maximum atomic E-state index is 13.1. The smallest absolute Gasteiger partial charge is 0.462 e. The molecule has 0 aliphatic carbocycles. The molecule has 0 bridgehead atoms. The second-order valence-corrected chi connectivity index (χ2v) is 32.0. The van der Waals surface area contributed by atoms with Gasteiger partial charge in [0.25, 0.3) is 0 Å². The molecule has 3 N–H and O–H groups in total. The largest absolute Gasteiger partial charge is 0.472 e. The van der Waals surface area contributed by atoms with Crippen molar-refractivity contribution >= 4 is 39.5 Å². The van der Waals surface area contributed by atoms with Gasteiger partial charge in [-0.1, -0.05) is 350 Å². The molecule has 0 radical (unpaired) electrons. The fourth-order valence-electron chi connectivity index (χ4n) is 11.9. The average Bonchev–Trinajstić information content (AvgIpc) is 1.000. The summed E-state index contributed by atoms with van der Waals surface area (Å²) in [6.45, 7) is 12.0. The second kappa shape index (κ2) is 68.5. The molecule has 0 spiro atoms. The summed E-state index contributed by atoms with van der Waals surface area (Å²) in [6.07, 6.45) is 55.4. The SMILES string of the molecule is CCCCCCCCCCCC(=O)OC[C@H](COP(=O)(O)OC[C@H](O)COP(=O)(O)OC[C@@H](COC(=O)CCCCCCCCCCCCCCCCC(C)CC)OC(=O)CCCCCCCCCCCCCCCCC(C)CC)OC(=O)CCCCCCCCCCCC(C)C. The molecule has 0 rings (SSSR count). The van der Waals surface area contributed by atoms with Crippen LogP contribution in [0.15, 0.2) is 0 Å². The zero-order chi connectivity index (χ0) is 71.6. The van der Waals surface area contributed by atoms with Crippen molar-refractivity contribution in [3.05, 3.63) is 0 Å². The van der Waals surface area contributed by atoms with Gasteiger partial charge < -0.3 is 33.8 Å². The van der Waals surface area contributed by atoms with Crippen LogP contribution >= 0.6 is 15.6 Å². The van der Waals surface area contributed by atoms with Crippen LogP contribution in [0.25, 0.3) is 0 Å². The molecular weight excluding hydrogens is 1270 g/mol. The Morgan fingerprint density at radius 1 is 0.299 bits per heavy atom. The lowest BCUT2D eigenvalue weighted by molar-refractivity contribution is -0.161. The number of rotatable bonds is 76. The Balaban J connectivity index is 5.23. The first-order valence-electron chi connectivity index (χ1n) is 40.4. The minimum Gasteiger partial charge on any atom is -0.462 e. The van der Waals surface area contributed by atoms with Crippen molar-refractivity contribution < 1.29 is 80.2 Å². The van der Waals surface area contributed by atoms with E-state index in [-0.39, 0.29) is 25.7 Å². The summed E-state index contributed by atoms with van der Waals surface area (Å²) >= 11 is 0. The van der Waals surface area contributed by atoms with Crippen molar-refractivity contribution in [1.82, 2.24) is 0 Å². The summed E-state index contributed by atoms with van der Waals surface area (Å²) < 4.78 is 68.6. The molecule has 0 fully saturated rings. The Bertz CT molecular complexity index is 1890. The van der Waals surface area contributed by atoms with Gasteiger partial charge >= 0.3 is 39.5 Å². The number of phosphoric acid groups is 2.